The summed E-state index contributed by atoms with van der Waals surface area (Å²) in [5.41, 5.74) is 0. The fraction of sp³-hybridized carbons (Fsp3) is 0.833. The van der Waals surface area contributed by atoms with Crippen molar-refractivity contribution in [1.29, 1.82) is 0 Å². The van der Waals surface area contributed by atoms with Crippen LogP contribution in [0.3, 0.4) is 0 Å². The monoisotopic (exact) mass is 147 g/mol. The van der Waals surface area contributed by atoms with E-state index in [4.69, 9.17) is 5.11 Å². The van der Waals surface area contributed by atoms with Crippen molar-refractivity contribution in [2.75, 3.05) is 13.1 Å². The summed E-state index contributed by atoms with van der Waals surface area (Å²) < 4.78 is 12.5. The summed E-state index contributed by atoms with van der Waals surface area (Å²) in [5.74, 6) is -1.45. The second kappa shape index (κ2) is 2.96. The lowest BCUT2D eigenvalue weighted by Gasteiger charge is -2.21. The second-order valence-electron chi connectivity index (χ2n) is 2.53. The summed E-state index contributed by atoms with van der Waals surface area (Å²) in [6.45, 7) is 0.694. The maximum Gasteiger partial charge on any atom is 0.307 e. The van der Waals surface area contributed by atoms with Gasteiger partial charge in [0.05, 0.1) is 5.92 Å². The van der Waals surface area contributed by atoms with E-state index in [0.29, 0.717) is 13.1 Å². The Kier molecular flexibility index (Phi) is 2.21. The van der Waals surface area contributed by atoms with E-state index in [1.807, 2.05) is 0 Å². The summed E-state index contributed by atoms with van der Waals surface area (Å²) >= 11 is 0. The lowest BCUT2D eigenvalue weighted by Crippen LogP contribution is -2.40. The number of nitrogens with one attached hydrogen (secondary N) is 1. The van der Waals surface area contributed by atoms with Crippen LogP contribution in [0, 0.1) is 5.92 Å². The first kappa shape index (κ1) is 7.47. The van der Waals surface area contributed by atoms with Crippen molar-refractivity contribution in [3.05, 3.63) is 0 Å². The van der Waals surface area contributed by atoms with E-state index in [-0.39, 0.29) is 6.42 Å². The largest absolute Gasteiger partial charge is 0.481 e. The van der Waals surface area contributed by atoms with Crippen LogP contribution in [-0.2, 0) is 4.79 Å². The van der Waals surface area contributed by atoms with Crippen molar-refractivity contribution in [2.45, 2.75) is 12.6 Å². The number of carboxylic acids is 1. The van der Waals surface area contributed by atoms with Gasteiger partial charge in [0, 0.05) is 13.1 Å². The molecule has 1 heterocycles. The third kappa shape index (κ3) is 1.67. The molecular formula is C6H10FNO2. The zero-order valence-corrected chi connectivity index (χ0v) is 5.51. The first-order valence-electron chi connectivity index (χ1n) is 3.27. The molecule has 4 heteroatoms. The molecule has 58 valence electrons. The van der Waals surface area contributed by atoms with E-state index in [1.165, 1.54) is 0 Å². The minimum atomic E-state index is -0.991. The molecule has 0 saturated carbocycles. The van der Waals surface area contributed by atoms with Crippen LogP contribution in [0.1, 0.15) is 6.42 Å². The predicted octanol–water partition coefficient (Wildman–Crippen LogP) is 0.0186. The number of aliphatic carboxylic acids is 1. The van der Waals surface area contributed by atoms with Gasteiger partial charge in [-0.1, -0.05) is 0 Å². The molecule has 1 saturated heterocycles. The molecule has 0 aliphatic carbocycles. The number of hydrogen-bond acceptors (Lipinski definition) is 2. The average molecular weight is 147 g/mol. The molecule has 0 radical (unpaired) electrons. The SMILES string of the molecule is O=C(O)[C@H]1CNC[C@@H](F)C1. The van der Waals surface area contributed by atoms with Crippen LogP contribution in [0.15, 0.2) is 0 Å². The first-order chi connectivity index (χ1) is 4.70. The minimum absolute atomic E-state index is 0.155. The summed E-state index contributed by atoms with van der Waals surface area (Å²) in [5, 5.41) is 11.2. The molecule has 1 rings (SSSR count). The Bertz CT molecular complexity index is 140. The van der Waals surface area contributed by atoms with Crippen molar-refractivity contribution in [1.82, 2.24) is 5.32 Å². The molecule has 1 fully saturated rings. The van der Waals surface area contributed by atoms with Gasteiger partial charge in [0.25, 0.3) is 0 Å². The summed E-state index contributed by atoms with van der Waals surface area (Å²) in [7, 11) is 0. The maximum atomic E-state index is 12.5. The van der Waals surface area contributed by atoms with Crippen molar-refractivity contribution in [3.63, 3.8) is 0 Å². The van der Waals surface area contributed by atoms with Gasteiger partial charge in [0.1, 0.15) is 6.17 Å². The molecule has 2 atom stereocenters. The molecule has 0 aromatic carbocycles. The predicted molar refractivity (Wildman–Crippen MR) is 33.5 cm³/mol. The molecule has 0 unspecified atom stereocenters. The fourth-order valence-corrected chi connectivity index (χ4v) is 1.08. The minimum Gasteiger partial charge on any atom is -0.481 e. The Morgan fingerprint density at radius 2 is 2.30 bits per heavy atom. The molecule has 0 amide bonds. The highest BCUT2D eigenvalue weighted by Gasteiger charge is 2.25. The van der Waals surface area contributed by atoms with Gasteiger partial charge in [0.2, 0.25) is 0 Å². The highest BCUT2D eigenvalue weighted by Crippen LogP contribution is 2.12. The Balaban J connectivity index is 2.39. The number of carbonyl (C=O) groups is 1. The highest BCUT2D eigenvalue weighted by atomic mass is 19.1. The van der Waals surface area contributed by atoms with Gasteiger partial charge in [-0.3, -0.25) is 4.79 Å². The second-order valence-corrected chi connectivity index (χ2v) is 2.53. The summed E-state index contributed by atoms with van der Waals surface area (Å²) in [6, 6.07) is 0. The normalized spacial score (nSPS) is 33.7. The number of piperidine rings is 1. The van der Waals surface area contributed by atoms with Gasteiger partial charge in [-0.05, 0) is 6.42 Å². The number of hydrogen-bond donors (Lipinski definition) is 2. The summed E-state index contributed by atoms with van der Waals surface area (Å²) in [4.78, 5) is 10.3. The standard InChI is InChI=1S/C6H10FNO2/c7-5-1-4(6(9)10)2-8-3-5/h4-5,8H,1-3H2,(H,9,10)/t4-,5+/m1/s1. The van der Waals surface area contributed by atoms with Gasteiger partial charge in [-0.2, -0.15) is 0 Å². The van der Waals surface area contributed by atoms with Crippen molar-refractivity contribution < 1.29 is 14.3 Å². The Labute approximate surface area is 58.2 Å². The van der Waals surface area contributed by atoms with Crippen LogP contribution in [-0.4, -0.2) is 30.3 Å². The zero-order valence-electron chi connectivity index (χ0n) is 5.51. The van der Waals surface area contributed by atoms with E-state index in [2.05, 4.69) is 5.32 Å². The highest BCUT2D eigenvalue weighted by molar-refractivity contribution is 5.70. The fourth-order valence-electron chi connectivity index (χ4n) is 1.08. The zero-order chi connectivity index (χ0) is 7.56. The number of rotatable bonds is 1. The number of halogens is 1. The van der Waals surface area contributed by atoms with Gasteiger partial charge in [-0.15, -0.1) is 0 Å². The Morgan fingerprint density at radius 1 is 1.60 bits per heavy atom. The van der Waals surface area contributed by atoms with Gasteiger partial charge >= 0.3 is 5.97 Å². The quantitative estimate of drug-likeness (QED) is 0.549. The molecule has 1 aliphatic rings. The lowest BCUT2D eigenvalue weighted by molar-refractivity contribution is -0.142. The molecule has 0 spiro atoms. The average Bonchev–Trinajstić information content (AvgIpc) is 1.88. The number of alkyl halides is 1. The molecular weight excluding hydrogens is 137 g/mol. The third-order valence-electron chi connectivity index (χ3n) is 1.65. The molecule has 0 aromatic heterocycles. The van der Waals surface area contributed by atoms with Gasteiger partial charge in [-0.25, -0.2) is 4.39 Å². The van der Waals surface area contributed by atoms with Crippen molar-refractivity contribution in [3.8, 4) is 0 Å². The Hall–Kier alpha value is -0.640. The number of carboxylic acid groups (broad SMARTS) is 1. The van der Waals surface area contributed by atoms with E-state index in [9.17, 15) is 9.18 Å². The van der Waals surface area contributed by atoms with Crippen LogP contribution in [0.2, 0.25) is 0 Å². The lowest BCUT2D eigenvalue weighted by atomic mass is 9.99. The van der Waals surface area contributed by atoms with Gasteiger partial charge < -0.3 is 10.4 Å². The Morgan fingerprint density at radius 3 is 2.70 bits per heavy atom. The van der Waals surface area contributed by atoms with E-state index in [0.717, 1.165) is 0 Å². The van der Waals surface area contributed by atoms with Crippen molar-refractivity contribution in [2.24, 2.45) is 5.92 Å². The van der Waals surface area contributed by atoms with Crippen LogP contribution in [0.5, 0.6) is 0 Å². The molecule has 0 bridgehead atoms. The van der Waals surface area contributed by atoms with Crippen LogP contribution < -0.4 is 5.32 Å². The van der Waals surface area contributed by atoms with Crippen LogP contribution in [0.4, 0.5) is 4.39 Å². The molecule has 3 nitrogen and oxygen atoms in total. The van der Waals surface area contributed by atoms with E-state index >= 15 is 0 Å². The third-order valence-corrected chi connectivity index (χ3v) is 1.65. The van der Waals surface area contributed by atoms with Crippen LogP contribution >= 0.6 is 0 Å². The smallest absolute Gasteiger partial charge is 0.307 e. The maximum absolute atomic E-state index is 12.5. The topological polar surface area (TPSA) is 49.3 Å². The van der Waals surface area contributed by atoms with Crippen LogP contribution in [0.25, 0.3) is 0 Å². The summed E-state index contributed by atoms with van der Waals surface area (Å²) in [6.07, 6.45) is -0.836. The van der Waals surface area contributed by atoms with Crippen molar-refractivity contribution >= 4 is 5.97 Å². The first-order valence-corrected chi connectivity index (χ1v) is 3.27. The molecule has 2 N–H and O–H groups in total. The molecule has 10 heavy (non-hydrogen) atoms. The molecule has 0 aromatic rings. The van der Waals surface area contributed by atoms with E-state index < -0.39 is 18.1 Å². The molecule has 1 aliphatic heterocycles. The van der Waals surface area contributed by atoms with E-state index in [1.54, 1.807) is 0 Å². The van der Waals surface area contributed by atoms with Gasteiger partial charge in [0.15, 0.2) is 0 Å².